The van der Waals surface area contributed by atoms with Crippen molar-refractivity contribution in [3.8, 4) is 22.6 Å². The molecule has 0 spiro atoms. The Hall–Kier alpha value is -4.04. The van der Waals surface area contributed by atoms with E-state index in [0.29, 0.717) is 17.9 Å². The van der Waals surface area contributed by atoms with Crippen LogP contribution in [0.2, 0.25) is 0 Å². The van der Waals surface area contributed by atoms with Crippen molar-refractivity contribution in [1.29, 1.82) is 0 Å². The molecule has 0 unspecified atom stereocenters. The SMILES string of the molecule is O=C(NO)c1ccc(CN(C(=O)N2CCC2)c2cccc(-c3ccc4c(c3)OCO4)c2)cc1. The highest BCUT2D eigenvalue weighted by Gasteiger charge is 2.27. The van der Waals surface area contributed by atoms with Crippen LogP contribution in [-0.4, -0.2) is 41.9 Å². The standard InChI is InChI=1S/C25H23N3O5/c29-24(26-31)18-7-5-17(6-8-18)15-28(25(30)27-11-2-12-27)21-4-1-3-19(13-21)20-9-10-22-23(14-20)33-16-32-22/h1,3-10,13-14,31H,2,11-12,15-16H2,(H,26,29). The minimum absolute atomic E-state index is 0.0544. The van der Waals surface area contributed by atoms with Crippen LogP contribution in [0.5, 0.6) is 11.5 Å². The first-order valence-corrected chi connectivity index (χ1v) is 10.7. The smallest absolute Gasteiger partial charge is 0.324 e. The second-order valence-electron chi connectivity index (χ2n) is 7.97. The van der Waals surface area contributed by atoms with Crippen LogP contribution in [0.3, 0.4) is 0 Å². The molecule has 3 aromatic rings. The van der Waals surface area contributed by atoms with Gasteiger partial charge in [-0.3, -0.25) is 14.9 Å². The molecule has 2 aliphatic rings. The minimum atomic E-state index is -0.577. The molecule has 8 nitrogen and oxygen atoms in total. The number of fused-ring (bicyclic) bond motifs is 1. The van der Waals surface area contributed by atoms with Crippen LogP contribution in [0.15, 0.2) is 66.7 Å². The second kappa shape index (κ2) is 8.84. The maximum absolute atomic E-state index is 13.3. The molecule has 168 valence electrons. The van der Waals surface area contributed by atoms with Gasteiger partial charge in [0.15, 0.2) is 11.5 Å². The van der Waals surface area contributed by atoms with Gasteiger partial charge in [-0.25, -0.2) is 10.3 Å². The van der Waals surface area contributed by atoms with Gasteiger partial charge in [-0.1, -0.05) is 30.3 Å². The van der Waals surface area contributed by atoms with Crippen molar-refractivity contribution in [2.24, 2.45) is 0 Å². The number of likely N-dealkylation sites (tertiary alicyclic amines) is 1. The number of benzene rings is 3. The minimum Gasteiger partial charge on any atom is -0.454 e. The summed E-state index contributed by atoms with van der Waals surface area (Å²) in [6.45, 7) is 2.05. The number of hydroxylamine groups is 1. The van der Waals surface area contributed by atoms with Crippen molar-refractivity contribution in [2.45, 2.75) is 13.0 Å². The molecule has 2 heterocycles. The van der Waals surface area contributed by atoms with Crippen molar-refractivity contribution < 1.29 is 24.3 Å². The summed E-state index contributed by atoms with van der Waals surface area (Å²) in [5.41, 5.74) is 5.54. The fourth-order valence-corrected chi connectivity index (χ4v) is 3.89. The highest BCUT2D eigenvalue weighted by atomic mass is 16.7. The molecule has 8 heteroatoms. The number of nitrogens with one attached hydrogen (secondary N) is 1. The summed E-state index contributed by atoms with van der Waals surface area (Å²) in [7, 11) is 0. The molecular weight excluding hydrogens is 422 g/mol. The van der Waals surface area contributed by atoms with E-state index in [1.807, 2.05) is 47.4 Å². The molecule has 0 radical (unpaired) electrons. The maximum Gasteiger partial charge on any atom is 0.324 e. The monoisotopic (exact) mass is 445 g/mol. The van der Waals surface area contributed by atoms with E-state index in [1.54, 1.807) is 34.6 Å². The first kappa shape index (κ1) is 20.8. The van der Waals surface area contributed by atoms with Gasteiger partial charge in [0.25, 0.3) is 5.91 Å². The highest BCUT2D eigenvalue weighted by Crippen LogP contribution is 2.37. The Balaban J connectivity index is 1.45. The van der Waals surface area contributed by atoms with Crippen LogP contribution in [0.4, 0.5) is 10.5 Å². The van der Waals surface area contributed by atoms with E-state index in [1.165, 1.54) is 0 Å². The van der Waals surface area contributed by atoms with E-state index < -0.39 is 5.91 Å². The van der Waals surface area contributed by atoms with Crippen LogP contribution >= 0.6 is 0 Å². The lowest BCUT2D eigenvalue weighted by atomic mass is 10.0. The van der Waals surface area contributed by atoms with Crippen molar-refractivity contribution in [2.75, 3.05) is 24.8 Å². The van der Waals surface area contributed by atoms with Gasteiger partial charge in [0.1, 0.15) is 0 Å². The van der Waals surface area contributed by atoms with E-state index in [2.05, 4.69) is 0 Å². The quantitative estimate of drug-likeness (QED) is 0.457. The molecule has 0 bridgehead atoms. The van der Waals surface area contributed by atoms with Gasteiger partial charge < -0.3 is 14.4 Å². The Kier molecular flexibility index (Phi) is 5.58. The number of hydrogen-bond donors (Lipinski definition) is 2. The predicted molar refractivity (Wildman–Crippen MR) is 121 cm³/mol. The average Bonchev–Trinajstić information content (AvgIpc) is 3.29. The maximum atomic E-state index is 13.3. The molecule has 0 saturated carbocycles. The van der Waals surface area contributed by atoms with E-state index in [0.717, 1.165) is 47.6 Å². The molecule has 3 aromatic carbocycles. The van der Waals surface area contributed by atoms with Crippen molar-refractivity contribution >= 4 is 17.6 Å². The molecule has 5 rings (SSSR count). The Morgan fingerprint density at radius 2 is 1.70 bits per heavy atom. The Bertz CT molecular complexity index is 1190. The number of amides is 3. The van der Waals surface area contributed by atoms with Crippen LogP contribution in [-0.2, 0) is 6.54 Å². The Morgan fingerprint density at radius 3 is 2.42 bits per heavy atom. The van der Waals surface area contributed by atoms with E-state index in [4.69, 9.17) is 14.7 Å². The summed E-state index contributed by atoms with van der Waals surface area (Å²) in [6, 6.07) is 20.4. The first-order valence-electron chi connectivity index (χ1n) is 10.7. The molecule has 0 aromatic heterocycles. The van der Waals surface area contributed by atoms with E-state index in [-0.39, 0.29) is 12.8 Å². The van der Waals surface area contributed by atoms with Crippen molar-refractivity contribution in [1.82, 2.24) is 10.4 Å². The lowest BCUT2D eigenvalue weighted by Gasteiger charge is -2.36. The number of anilines is 1. The Labute approximate surface area is 190 Å². The van der Waals surface area contributed by atoms with Gasteiger partial charge in [-0.15, -0.1) is 0 Å². The zero-order chi connectivity index (χ0) is 22.8. The lowest BCUT2D eigenvalue weighted by Crippen LogP contribution is -2.49. The van der Waals surface area contributed by atoms with E-state index >= 15 is 0 Å². The van der Waals surface area contributed by atoms with Crippen molar-refractivity contribution in [3.05, 3.63) is 77.9 Å². The lowest BCUT2D eigenvalue weighted by molar-refractivity contribution is 0.0706. The van der Waals surface area contributed by atoms with Crippen LogP contribution in [0.1, 0.15) is 22.3 Å². The number of nitrogens with zero attached hydrogens (tertiary/aromatic N) is 2. The average molecular weight is 445 g/mol. The number of carbonyl (C=O) groups excluding carboxylic acids is 2. The molecule has 33 heavy (non-hydrogen) atoms. The van der Waals surface area contributed by atoms with Gasteiger partial charge in [0.2, 0.25) is 6.79 Å². The second-order valence-corrected chi connectivity index (χ2v) is 7.97. The van der Waals surface area contributed by atoms with Crippen LogP contribution in [0.25, 0.3) is 11.1 Å². The van der Waals surface area contributed by atoms with Crippen molar-refractivity contribution in [3.63, 3.8) is 0 Å². The molecule has 1 saturated heterocycles. The van der Waals surface area contributed by atoms with Crippen LogP contribution in [0, 0.1) is 0 Å². The Morgan fingerprint density at radius 1 is 0.939 bits per heavy atom. The predicted octanol–water partition coefficient (Wildman–Crippen LogP) is 4.03. The van der Waals surface area contributed by atoms with Gasteiger partial charge in [0, 0.05) is 24.3 Å². The summed E-state index contributed by atoms with van der Waals surface area (Å²) in [5, 5.41) is 8.82. The fourth-order valence-electron chi connectivity index (χ4n) is 3.89. The van der Waals surface area contributed by atoms with Crippen LogP contribution < -0.4 is 19.9 Å². The number of hydrogen-bond acceptors (Lipinski definition) is 5. The molecule has 3 amide bonds. The van der Waals surface area contributed by atoms with Gasteiger partial charge in [0.05, 0.1) is 6.54 Å². The summed E-state index contributed by atoms with van der Waals surface area (Å²) < 4.78 is 10.9. The number of carbonyl (C=O) groups is 2. The summed E-state index contributed by atoms with van der Waals surface area (Å²) >= 11 is 0. The topological polar surface area (TPSA) is 91.3 Å². The zero-order valence-corrected chi connectivity index (χ0v) is 17.9. The third-order valence-corrected chi connectivity index (χ3v) is 5.88. The molecule has 2 aliphatic heterocycles. The molecular formula is C25H23N3O5. The summed E-state index contributed by atoms with van der Waals surface area (Å²) in [6.07, 6.45) is 1.00. The molecule has 1 fully saturated rings. The van der Waals surface area contributed by atoms with E-state index in [9.17, 15) is 9.59 Å². The summed E-state index contributed by atoms with van der Waals surface area (Å²) in [4.78, 5) is 28.4. The number of ether oxygens (including phenoxy) is 2. The van der Waals surface area contributed by atoms with Gasteiger partial charge in [-0.2, -0.15) is 0 Å². The van der Waals surface area contributed by atoms with Gasteiger partial charge in [-0.05, 0) is 59.5 Å². The third-order valence-electron chi connectivity index (χ3n) is 5.88. The largest absolute Gasteiger partial charge is 0.454 e. The molecule has 0 aliphatic carbocycles. The normalized spacial score (nSPS) is 13.9. The number of urea groups is 1. The van der Waals surface area contributed by atoms with Gasteiger partial charge >= 0.3 is 6.03 Å². The molecule has 2 N–H and O–H groups in total. The molecule has 0 atom stereocenters. The highest BCUT2D eigenvalue weighted by molar-refractivity contribution is 5.94. The first-order chi connectivity index (χ1) is 16.1. The summed E-state index contributed by atoms with van der Waals surface area (Å²) in [5.74, 6) is 0.854. The number of rotatable bonds is 5. The third kappa shape index (κ3) is 4.20. The fraction of sp³-hybridized carbons (Fsp3) is 0.200. The zero-order valence-electron chi connectivity index (χ0n) is 17.9.